The van der Waals surface area contributed by atoms with E-state index in [4.69, 9.17) is 11.6 Å². The summed E-state index contributed by atoms with van der Waals surface area (Å²) in [5.74, 6) is -0.493. The maximum Gasteiger partial charge on any atom is 0.358 e. The van der Waals surface area contributed by atoms with Gasteiger partial charge in [0.1, 0.15) is 5.15 Å². The molecule has 0 saturated carbocycles. The lowest BCUT2D eigenvalue weighted by atomic mass is 10.5. The molecule has 0 radical (unpaired) electrons. The number of methoxy groups -OCH3 is 1. The summed E-state index contributed by atoms with van der Waals surface area (Å²) in [6, 6.07) is 3.27. The molecule has 14 heavy (non-hydrogen) atoms. The van der Waals surface area contributed by atoms with E-state index < -0.39 is 5.97 Å². The highest BCUT2D eigenvalue weighted by atomic mass is 35.5. The Hall–Kier alpha value is -1.62. The fraction of sp³-hybridized carbons (Fsp3) is 0.125. The topological polar surface area (TPSA) is 56.5 Å². The van der Waals surface area contributed by atoms with Crippen molar-refractivity contribution in [1.82, 2.24) is 14.6 Å². The van der Waals surface area contributed by atoms with Gasteiger partial charge in [0, 0.05) is 0 Å². The molecule has 2 rings (SSSR count). The molecule has 0 saturated heterocycles. The monoisotopic (exact) mass is 211 g/mol. The van der Waals surface area contributed by atoms with Gasteiger partial charge in [-0.1, -0.05) is 11.6 Å². The first-order chi connectivity index (χ1) is 6.72. The zero-order chi connectivity index (χ0) is 10.1. The summed E-state index contributed by atoms with van der Waals surface area (Å²) in [5, 5.41) is 4.22. The molecule has 0 aromatic carbocycles. The van der Waals surface area contributed by atoms with E-state index in [1.54, 1.807) is 12.1 Å². The highest BCUT2D eigenvalue weighted by Crippen LogP contribution is 2.09. The predicted octanol–water partition coefficient (Wildman–Crippen LogP) is 1.17. The van der Waals surface area contributed by atoms with Gasteiger partial charge in [-0.2, -0.15) is 5.10 Å². The molecule has 2 aromatic heterocycles. The summed E-state index contributed by atoms with van der Waals surface area (Å²) in [5.41, 5.74) is 0.805. The summed E-state index contributed by atoms with van der Waals surface area (Å²) in [7, 11) is 1.30. The van der Waals surface area contributed by atoms with Crippen molar-refractivity contribution in [3.8, 4) is 0 Å². The number of rotatable bonds is 1. The van der Waals surface area contributed by atoms with Crippen LogP contribution in [0.4, 0.5) is 0 Å². The SMILES string of the molecule is COC(=O)c1cnc2ccc(Cl)nn12. The van der Waals surface area contributed by atoms with Crippen LogP contribution in [0.2, 0.25) is 5.15 Å². The minimum atomic E-state index is -0.493. The second-order valence-electron chi connectivity index (χ2n) is 2.56. The molecular weight excluding hydrogens is 206 g/mol. The lowest BCUT2D eigenvalue weighted by Crippen LogP contribution is -2.07. The van der Waals surface area contributed by atoms with Crippen molar-refractivity contribution in [2.75, 3.05) is 7.11 Å². The van der Waals surface area contributed by atoms with Crippen LogP contribution >= 0.6 is 11.6 Å². The Bertz CT molecular complexity index is 494. The molecule has 2 heterocycles. The van der Waals surface area contributed by atoms with Crippen LogP contribution in [0.3, 0.4) is 0 Å². The third kappa shape index (κ3) is 1.31. The zero-order valence-electron chi connectivity index (χ0n) is 7.27. The number of esters is 1. The number of nitrogens with zero attached hydrogens (tertiary/aromatic N) is 3. The minimum Gasteiger partial charge on any atom is -0.464 e. The van der Waals surface area contributed by atoms with Crippen LogP contribution in [0.15, 0.2) is 18.3 Å². The van der Waals surface area contributed by atoms with Gasteiger partial charge in [0.25, 0.3) is 0 Å². The van der Waals surface area contributed by atoms with Gasteiger partial charge in [-0.25, -0.2) is 14.3 Å². The summed E-state index contributed by atoms with van der Waals surface area (Å²) < 4.78 is 5.90. The number of hydrogen-bond acceptors (Lipinski definition) is 4. The fourth-order valence-corrected chi connectivity index (χ4v) is 1.23. The maximum atomic E-state index is 11.2. The van der Waals surface area contributed by atoms with Crippen LogP contribution in [0.1, 0.15) is 10.5 Å². The Labute approximate surface area is 84.3 Å². The average molecular weight is 212 g/mol. The van der Waals surface area contributed by atoms with E-state index in [9.17, 15) is 4.79 Å². The molecule has 5 nitrogen and oxygen atoms in total. The maximum absolute atomic E-state index is 11.2. The third-order valence-corrected chi connectivity index (χ3v) is 1.93. The van der Waals surface area contributed by atoms with Crippen LogP contribution in [0.25, 0.3) is 5.65 Å². The summed E-state index contributed by atoms with van der Waals surface area (Å²) in [6.45, 7) is 0. The first kappa shape index (κ1) is 8.96. The number of carbonyl (C=O) groups excluding carboxylic acids is 1. The lowest BCUT2D eigenvalue weighted by molar-refractivity contribution is 0.0591. The van der Waals surface area contributed by atoms with Crippen molar-refractivity contribution in [2.24, 2.45) is 0 Å². The third-order valence-electron chi connectivity index (χ3n) is 1.72. The van der Waals surface area contributed by atoms with Crippen molar-refractivity contribution < 1.29 is 9.53 Å². The predicted molar refractivity (Wildman–Crippen MR) is 49.3 cm³/mol. The van der Waals surface area contributed by atoms with E-state index >= 15 is 0 Å². The summed E-state index contributed by atoms with van der Waals surface area (Å²) in [6.07, 6.45) is 1.39. The van der Waals surface area contributed by atoms with E-state index in [0.717, 1.165) is 0 Å². The second kappa shape index (κ2) is 3.26. The van der Waals surface area contributed by atoms with E-state index in [1.807, 2.05) is 0 Å². The molecule has 72 valence electrons. The molecule has 0 fully saturated rings. The molecule has 0 amide bonds. The van der Waals surface area contributed by atoms with Gasteiger partial charge in [0.15, 0.2) is 11.3 Å². The van der Waals surface area contributed by atoms with Gasteiger partial charge in [-0.05, 0) is 12.1 Å². The van der Waals surface area contributed by atoms with Crippen LogP contribution in [0, 0.1) is 0 Å². The van der Waals surface area contributed by atoms with Crippen molar-refractivity contribution in [3.05, 3.63) is 29.2 Å². The molecule has 0 aliphatic heterocycles. The molecular formula is C8H6ClN3O2. The van der Waals surface area contributed by atoms with Crippen LogP contribution in [-0.4, -0.2) is 27.7 Å². The van der Waals surface area contributed by atoms with E-state index in [-0.39, 0.29) is 5.69 Å². The normalized spacial score (nSPS) is 10.4. The van der Waals surface area contributed by atoms with Gasteiger partial charge in [-0.3, -0.25) is 0 Å². The quantitative estimate of drug-likeness (QED) is 0.665. The molecule has 0 unspecified atom stereocenters. The van der Waals surface area contributed by atoms with Crippen LogP contribution < -0.4 is 0 Å². The van der Waals surface area contributed by atoms with Crippen molar-refractivity contribution in [1.29, 1.82) is 0 Å². The fourth-order valence-electron chi connectivity index (χ4n) is 1.09. The van der Waals surface area contributed by atoms with Crippen LogP contribution in [0.5, 0.6) is 0 Å². The number of halogens is 1. The minimum absolute atomic E-state index is 0.255. The van der Waals surface area contributed by atoms with Gasteiger partial charge in [0.2, 0.25) is 0 Å². The van der Waals surface area contributed by atoms with E-state index in [0.29, 0.717) is 10.8 Å². The molecule has 0 atom stereocenters. The highest BCUT2D eigenvalue weighted by molar-refractivity contribution is 6.29. The van der Waals surface area contributed by atoms with Crippen LogP contribution in [-0.2, 0) is 4.74 Å². The van der Waals surface area contributed by atoms with Gasteiger partial charge < -0.3 is 4.74 Å². The Kier molecular flexibility index (Phi) is 2.09. The molecule has 0 aliphatic carbocycles. The Balaban J connectivity index is 2.67. The van der Waals surface area contributed by atoms with E-state index in [1.165, 1.54) is 17.8 Å². The van der Waals surface area contributed by atoms with Crippen molar-refractivity contribution >= 4 is 23.2 Å². The number of fused-ring (bicyclic) bond motifs is 1. The smallest absolute Gasteiger partial charge is 0.358 e. The van der Waals surface area contributed by atoms with Crippen molar-refractivity contribution in [2.45, 2.75) is 0 Å². The average Bonchev–Trinajstić information content (AvgIpc) is 2.59. The molecule has 0 aliphatic rings. The molecule has 0 bridgehead atoms. The van der Waals surface area contributed by atoms with Gasteiger partial charge in [-0.15, -0.1) is 0 Å². The van der Waals surface area contributed by atoms with Gasteiger partial charge >= 0.3 is 5.97 Å². The largest absolute Gasteiger partial charge is 0.464 e. The number of carbonyl (C=O) groups is 1. The number of aromatic nitrogens is 3. The molecule has 0 spiro atoms. The number of hydrogen-bond donors (Lipinski definition) is 0. The Morgan fingerprint density at radius 3 is 3.07 bits per heavy atom. The first-order valence-electron chi connectivity index (χ1n) is 3.81. The lowest BCUT2D eigenvalue weighted by Gasteiger charge is -1.98. The van der Waals surface area contributed by atoms with E-state index in [2.05, 4.69) is 14.8 Å². The Morgan fingerprint density at radius 2 is 2.36 bits per heavy atom. The Morgan fingerprint density at radius 1 is 1.57 bits per heavy atom. The summed E-state index contributed by atoms with van der Waals surface area (Å²) >= 11 is 5.68. The molecule has 0 N–H and O–H groups in total. The van der Waals surface area contributed by atoms with Crippen molar-refractivity contribution in [3.63, 3.8) is 0 Å². The number of ether oxygens (including phenoxy) is 1. The molecule has 6 heteroatoms. The highest BCUT2D eigenvalue weighted by Gasteiger charge is 2.12. The summed E-state index contributed by atoms with van der Waals surface area (Å²) in [4.78, 5) is 15.2. The number of imidazole rings is 1. The zero-order valence-corrected chi connectivity index (χ0v) is 8.02. The molecule has 2 aromatic rings. The first-order valence-corrected chi connectivity index (χ1v) is 4.19. The van der Waals surface area contributed by atoms with Gasteiger partial charge in [0.05, 0.1) is 13.3 Å². The second-order valence-corrected chi connectivity index (χ2v) is 2.95. The standard InChI is InChI=1S/C8H6ClN3O2/c1-14-8(13)5-4-10-7-3-2-6(9)11-12(5)7/h2-4H,1H3.